The second-order valence-electron chi connectivity index (χ2n) is 13.8. The number of nitrogens with one attached hydrogen (secondary N) is 2. The number of carbonyl (C=O) groups excluding carboxylic acids is 2. The monoisotopic (exact) mass is 862 g/mol. The van der Waals surface area contributed by atoms with E-state index in [0.29, 0.717) is 52.1 Å². The van der Waals surface area contributed by atoms with E-state index < -0.39 is 0 Å². The normalized spacial score (nSPS) is 11.8. The Hall–Kier alpha value is -4.41. The van der Waals surface area contributed by atoms with Crippen LogP contribution in [-0.2, 0) is 16.1 Å². The molecule has 1 heterocycles. The van der Waals surface area contributed by atoms with Crippen LogP contribution in [-0.4, -0.2) is 116 Å². The third kappa shape index (κ3) is 20.7. The molecule has 8 N–H and O–H groups in total. The largest absolute Gasteiger partial charge is 0.395 e. The zero-order chi connectivity index (χ0) is 43.0. The van der Waals surface area contributed by atoms with E-state index in [-0.39, 0.29) is 38.2 Å². The Morgan fingerprint density at radius 3 is 1.77 bits per heavy atom. The van der Waals surface area contributed by atoms with Crippen LogP contribution in [0, 0.1) is 0 Å². The number of aryl methyl sites for hydroxylation is 1. The number of benzene rings is 2. The molecule has 0 bridgehead atoms. The average molecular weight is 863 g/mol. The maximum absolute atomic E-state index is 12.5. The summed E-state index contributed by atoms with van der Waals surface area (Å²) in [6, 6.07) is 22.1. The first-order chi connectivity index (χ1) is 29.4. The highest BCUT2D eigenvalue weighted by atomic mass is 33.1. The van der Waals surface area contributed by atoms with E-state index in [1.165, 1.54) is 0 Å². The van der Waals surface area contributed by atoms with Crippen molar-refractivity contribution in [1.82, 2.24) is 10.6 Å². The summed E-state index contributed by atoms with van der Waals surface area (Å²) in [5.41, 5.74) is 6.11. The molecule has 0 unspecified atom stereocenters. The van der Waals surface area contributed by atoms with E-state index in [2.05, 4.69) is 57.0 Å². The molecule has 0 saturated carbocycles. The van der Waals surface area contributed by atoms with Gasteiger partial charge in [0.15, 0.2) is 6.20 Å². The number of rotatable bonds is 31. The van der Waals surface area contributed by atoms with Crippen LogP contribution in [0.25, 0.3) is 18.2 Å². The van der Waals surface area contributed by atoms with Gasteiger partial charge in [0.05, 0.1) is 33.0 Å². The minimum Gasteiger partial charge on any atom is -0.395 e. The quantitative estimate of drug-likeness (QED) is 0.0220. The molecular formula is C46H66N6O6S2+2. The second-order valence-corrected chi connectivity index (χ2v) is 16.5. The number of aromatic nitrogens is 1. The third-order valence-electron chi connectivity index (χ3n) is 9.26. The van der Waals surface area contributed by atoms with Crippen molar-refractivity contribution in [3.05, 3.63) is 120 Å². The minimum absolute atomic E-state index is 0.0278. The number of nitrogens with two attached hydrogens (primary N) is 1. The smallest absolute Gasteiger partial charge is 0.220 e. The van der Waals surface area contributed by atoms with Crippen molar-refractivity contribution in [2.75, 3.05) is 93.5 Å². The molecule has 0 aliphatic carbocycles. The van der Waals surface area contributed by atoms with Gasteiger partial charge in [-0.1, -0.05) is 58.0 Å². The summed E-state index contributed by atoms with van der Waals surface area (Å²) in [5.74, 6) is 1.69. The third-order valence-corrected chi connectivity index (χ3v) is 11.7. The van der Waals surface area contributed by atoms with Crippen LogP contribution in [0.2, 0.25) is 0 Å². The molecule has 3 aromatic rings. The van der Waals surface area contributed by atoms with E-state index in [1.54, 1.807) is 21.6 Å². The number of aliphatic hydroxyl groups is 4. The molecule has 0 radical (unpaired) electrons. The van der Waals surface area contributed by atoms with E-state index in [4.69, 9.17) is 0 Å². The number of hydrogen-bond acceptors (Lipinski definition) is 10. The molecule has 12 nitrogen and oxygen atoms in total. The van der Waals surface area contributed by atoms with Crippen molar-refractivity contribution in [2.24, 2.45) is 0 Å². The van der Waals surface area contributed by atoms with Crippen molar-refractivity contribution in [3.63, 3.8) is 0 Å². The van der Waals surface area contributed by atoms with E-state index in [0.717, 1.165) is 71.3 Å². The molecule has 2 aromatic carbocycles. The number of amides is 2. The fourth-order valence-corrected chi connectivity index (χ4v) is 7.95. The summed E-state index contributed by atoms with van der Waals surface area (Å²) in [7, 11) is 3.38. The lowest BCUT2D eigenvalue weighted by Gasteiger charge is -2.22. The molecule has 0 fully saturated rings. The molecule has 0 aliphatic heterocycles. The van der Waals surface area contributed by atoms with Gasteiger partial charge in [-0.3, -0.25) is 9.59 Å². The maximum Gasteiger partial charge on any atom is 0.220 e. The van der Waals surface area contributed by atoms with Gasteiger partial charge < -0.3 is 46.2 Å². The van der Waals surface area contributed by atoms with E-state index in [1.807, 2.05) is 95.7 Å². The highest BCUT2D eigenvalue weighted by Gasteiger charge is 2.10. The van der Waals surface area contributed by atoms with Crippen molar-refractivity contribution in [1.29, 1.82) is 0 Å². The molecule has 326 valence electrons. The van der Waals surface area contributed by atoms with Crippen LogP contribution in [0.1, 0.15) is 49.4 Å². The first-order valence-electron chi connectivity index (χ1n) is 20.8. The minimum atomic E-state index is 0.0278. The fourth-order valence-electron chi connectivity index (χ4n) is 6.13. The van der Waals surface area contributed by atoms with Gasteiger partial charge in [-0.2, -0.15) is 4.57 Å². The Morgan fingerprint density at radius 1 is 0.700 bits per heavy atom. The van der Waals surface area contributed by atoms with Crippen LogP contribution < -0.4 is 30.3 Å². The Balaban J connectivity index is 1.24. The number of carbonyl (C=O) groups is 2. The zero-order valence-electron chi connectivity index (χ0n) is 35.0. The van der Waals surface area contributed by atoms with Crippen LogP contribution in [0.3, 0.4) is 0 Å². The fraction of sp³-hybridized carbons (Fsp3) is 0.413. The summed E-state index contributed by atoms with van der Waals surface area (Å²) < 4.78 is 2.14. The van der Waals surface area contributed by atoms with Crippen LogP contribution in [0.5, 0.6) is 0 Å². The van der Waals surface area contributed by atoms with Gasteiger partial charge >= 0.3 is 0 Å². The average Bonchev–Trinajstić information content (AvgIpc) is 3.26. The summed E-state index contributed by atoms with van der Waals surface area (Å²) in [6.45, 7) is 6.69. The molecule has 0 aliphatic rings. The molecule has 2 amide bonds. The zero-order valence-corrected chi connectivity index (χ0v) is 36.7. The molecule has 60 heavy (non-hydrogen) atoms. The molecular weight excluding hydrogens is 797 g/mol. The van der Waals surface area contributed by atoms with Gasteiger partial charge in [-0.05, 0) is 72.7 Å². The molecule has 3 rings (SSSR count). The Morgan fingerprint density at radius 2 is 1.23 bits per heavy atom. The second kappa shape index (κ2) is 31.5. The van der Waals surface area contributed by atoms with Gasteiger partial charge in [0, 0.05) is 106 Å². The predicted octanol–water partition coefficient (Wildman–Crippen LogP) is 3.64. The lowest BCUT2D eigenvalue weighted by Crippen LogP contribution is -2.81. The maximum atomic E-state index is 12.5. The van der Waals surface area contributed by atoms with Gasteiger partial charge in [0.2, 0.25) is 17.5 Å². The number of quaternary nitrogens is 1. The van der Waals surface area contributed by atoms with Crippen molar-refractivity contribution >= 4 is 63.0 Å². The highest BCUT2D eigenvalue weighted by molar-refractivity contribution is 8.76. The number of aliphatic hydroxyl groups excluding tert-OH is 4. The number of hydrogen-bond donors (Lipinski definition) is 7. The van der Waals surface area contributed by atoms with Gasteiger partial charge in [0.1, 0.15) is 12.2 Å². The topological polar surface area (TPSA) is 166 Å². The van der Waals surface area contributed by atoms with Crippen LogP contribution >= 0.6 is 21.6 Å². The van der Waals surface area contributed by atoms with Crippen LogP contribution in [0.4, 0.5) is 11.4 Å². The summed E-state index contributed by atoms with van der Waals surface area (Å²) >= 11 is 0. The summed E-state index contributed by atoms with van der Waals surface area (Å²) in [6.07, 6.45) is 18.7. The number of anilines is 2. The molecule has 0 saturated heterocycles. The molecule has 0 atom stereocenters. The molecule has 14 heteroatoms. The first-order valence-corrected chi connectivity index (χ1v) is 23.3. The summed E-state index contributed by atoms with van der Waals surface area (Å²) in [5, 5.41) is 45.4. The van der Waals surface area contributed by atoms with E-state index in [9.17, 15) is 30.0 Å². The first kappa shape index (κ1) is 49.9. The van der Waals surface area contributed by atoms with Crippen molar-refractivity contribution in [3.8, 4) is 0 Å². The number of pyridine rings is 1. The SMILES string of the molecule is C\C=C/C=C(/C=C/c1ccc(N(CCO)CCO)cc1)[NH2+]CCCC(=O)NCCSSCCNC(=O)CCC[n+]1ccccc1/C=C/c1ccc(N(CCO)CCO)cc1. The van der Waals surface area contributed by atoms with Crippen molar-refractivity contribution in [2.45, 2.75) is 39.2 Å². The molecule has 1 aromatic heterocycles. The van der Waals surface area contributed by atoms with Gasteiger partial charge in [0.25, 0.3) is 0 Å². The number of allylic oxidation sites excluding steroid dienone is 4. The summed E-state index contributed by atoms with van der Waals surface area (Å²) in [4.78, 5) is 28.8. The lowest BCUT2D eigenvalue weighted by atomic mass is 10.1. The highest BCUT2D eigenvalue weighted by Crippen LogP contribution is 2.20. The van der Waals surface area contributed by atoms with E-state index >= 15 is 0 Å². The number of nitrogens with zero attached hydrogens (tertiary/aromatic N) is 3. The van der Waals surface area contributed by atoms with Gasteiger partial charge in [-0.15, -0.1) is 0 Å². The van der Waals surface area contributed by atoms with Gasteiger partial charge in [-0.25, -0.2) is 0 Å². The van der Waals surface area contributed by atoms with Crippen LogP contribution in [0.15, 0.2) is 103 Å². The standard InChI is InChI=1S/C46H64N6O6S2/c1-2-3-8-41(18-12-39-14-20-43(21-15-39)51(29-33-53)30-34-54)47-24-6-10-45(57)48-25-37-59-60-38-26-49-46(58)11-7-28-50-27-5-4-9-42(50)19-13-40-16-22-44(23-17-40)52(31-35-55)32-36-56/h2-5,8-9,12-23,27,47,53-56H,6-7,10-11,24-26,28-38H2,1H3,(H-,48,49,57,58)/p+2/b3-2-,18-12+,41-8-. The predicted molar refractivity (Wildman–Crippen MR) is 249 cm³/mol. The molecule has 0 spiro atoms. The Kier molecular flexibility index (Phi) is 26.2. The Labute approximate surface area is 364 Å². The Bertz CT molecular complexity index is 1760. The lowest BCUT2D eigenvalue weighted by molar-refractivity contribution is -0.698. The van der Waals surface area contributed by atoms with Crippen molar-refractivity contribution < 1.29 is 39.9 Å².